The van der Waals surface area contributed by atoms with Crippen LogP contribution >= 0.6 is 0 Å². The highest BCUT2D eigenvalue weighted by atomic mass is 28.3. The molecular weight excluding hydrogens is 729 g/mol. The summed E-state index contributed by atoms with van der Waals surface area (Å²) in [6, 6.07) is 62.7. The van der Waals surface area contributed by atoms with Crippen LogP contribution in [0.3, 0.4) is 0 Å². The molecule has 11 rings (SSSR count). The van der Waals surface area contributed by atoms with Gasteiger partial charge in [-0.2, -0.15) is 0 Å². The lowest BCUT2D eigenvalue weighted by atomic mass is 9.81. The van der Waals surface area contributed by atoms with E-state index in [9.17, 15) is 0 Å². The van der Waals surface area contributed by atoms with Gasteiger partial charge in [0.25, 0.3) is 0 Å². The normalized spacial score (nSPS) is 13.8. The summed E-state index contributed by atoms with van der Waals surface area (Å²) in [6.07, 6.45) is 9.17. The Balaban J connectivity index is 1.00. The molecule has 0 aromatic heterocycles. The third-order valence-corrected chi connectivity index (χ3v) is 20.8. The first-order valence-corrected chi connectivity index (χ1v) is 26.9. The van der Waals surface area contributed by atoms with E-state index in [1.807, 2.05) is 0 Å². The molecule has 278 valence electrons. The predicted octanol–water partition coefficient (Wildman–Crippen LogP) is 12.6. The highest BCUT2D eigenvalue weighted by Crippen LogP contribution is 2.44. The smallest absolute Gasteiger partial charge is 0.0795 e. The first-order valence-electron chi connectivity index (χ1n) is 20.9. The van der Waals surface area contributed by atoms with Crippen molar-refractivity contribution in [2.24, 2.45) is 0 Å². The zero-order chi connectivity index (χ0) is 39.2. The Kier molecular flexibility index (Phi) is 8.02. The molecule has 2 heteroatoms. The van der Waals surface area contributed by atoms with Crippen LogP contribution in [0.4, 0.5) is 0 Å². The summed E-state index contributed by atoms with van der Waals surface area (Å²) in [5, 5.41) is 16.8. The van der Waals surface area contributed by atoms with Crippen molar-refractivity contribution < 1.29 is 0 Å². The molecule has 58 heavy (non-hydrogen) atoms. The monoisotopic (exact) mass is 774 g/mol. The van der Waals surface area contributed by atoms with Gasteiger partial charge in [0.1, 0.15) is 16.1 Å². The fourth-order valence-corrected chi connectivity index (χ4v) is 15.9. The second kappa shape index (κ2) is 13.2. The van der Waals surface area contributed by atoms with Gasteiger partial charge in [0.2, 0.25) is 0 Å². The van der Waals surface area contributed by atoms with E-state index in [0.717, 1.165) is 12.8 Å². The molecule has 9 aromatic carbocycles. The van der Waals surface area contributed by atoms with E-state index in [-0.39, 0.29) is 0 Å². The van der Waals surface area contributed by atoms with Crippen molar-refractivity contribution in [3.63, 3.8) is 0 Å². The molecule has 0 unspecified atom stereocenters. The zero-order valence-electron chi connectivity index (χ0n) is 33.7. The van der Waals surface area contributed by atoms with Crippen LogP contribution < -0.4 is 20.7 Å². The Hall–Kier alpha value is -6.07. The molecule has 0 nitrogen and oxygen atoms in total. The summed E-state index contributed by atoms with van der Waals surface area (Å²) in [5.74, 6) is 0. The molecule has 2 aliphatic carbocycles. The summed E-state index contributed by atoms with van der Waals surface area (Å²) >= 11 is 0. The number of hydrogen-bond acceptors (Lipinski definition) is 0. The Bertz CT molecular complexity index is 3130. The quantitative estimate of drug-likeness (QED) is 0.117. The van der Waals surface area contributed by atoms with Crippen molar-refractivity contribution in [1.82, 2.24) is 0 Å². The average molecular weight is 775 g/mol. The van der Waals surface area contributed by atoms with E-state index in [2.05, 4.69) is 208 Å². The second-order valence-electron chi connectivity index (χ2n) is 17.5. The highest BCUT2D eigenvalue weighted by Gasteiger charge is 2.31. The maximum absolute atomic E-state index is 2.54. The standard InChI is InChI=1S/C56H46Si2/c1-57(2,51-22-12-14-37-13-5-6-17-45(37)51)43-31-25-40(26-32-43)54-46-18-7-9-20-48(46)55(49-21-10-8-19-47(49)54)41-27-33-44(34-28-41)58(3,4)52-36-30-42-24-23-38-15-11-16-39-29-35-50(52)56(42)53(38)39/h5-14,16-23,25-36H,15,24H2,1-4H3. The Morgan fingerprint density at radius 1 is 0.397 bits per heavy atom. The van der Waals surface area contributed by atoms with Gasteiger partial charge in [-0.25, -0.2) is 0 Å². The molecule has 0 spiro atoms. The van der Waals surface area contributed by atoms with Crippen molar-refractivity contribution in [3.8, 4) is 22.3 Å². The van der Waals surface area contributed by atoms with Gasteiger partial charge in [0.15, 0.2) is 0 Å². The van der Waals surface area contributed by atoms with Gasteiger partial charge in [-0.15, -0.1) is 0 Å². The molecule has 0 aliphatic heterocycles. The maximum Gasteiger partial charge on any atom is 0.113 e. The summed E-state index contributed by atoms with van der Waals surface area (Å²) in [4.78, 5) is 0. The predicted molar refractivity (Wildman–Crippen MR) is 259 cm³/mol. The molecular formula is C56H46Si2. The van der Waals surface area contributed by atoms with Gasteiger partial charge in [0, 0.05) is 0 Å². The van der Waals surface area contributed by atoms with Crippen molar-refractivity contribution >= 4 is 91.6 Å². The summed E-state index contributed by atoms with van der Waals surface area (Å²) < 4.78 is 0. The average Bonchev–Trinajstić information content (AvgIpc) is 3.27. The maximum atomic E-state index is 2.54. The second-order valence-corrected chi connectivity index (χ2v) is 26.3. The summed E-state index contributed by atoms with van der Waals surface area (Å²) in [6.45, 7) is 10.1. The van der Waals surface area contributed by atoms with Gasteiger partial charge in [-0.3, -0.25) is 0 Å². The van der Waals surface area contributed by atoms with Gasteiger partial charge in [-0.05, 0) is 111 Å². The van der Waals surface area contributed by atoms with E-state index in [0.29, 0.717) is 0 Å². The third-order valence-electron chi connectivity index (χ3n) is 13.7. The molecule has 9 aromatic rings. The van der Waals surface area contributed by atoms with E-state index in [1.165, 1.54) is 108 Å². The molecule has 0 amide bonds. The molecule has 0 heterocycles. The van der Waals surface area contributed by atoms with Gasteiger partial charge < -0.3 is 0 Å². The van der Waals surface area contributed by atoms with E-state index < -0.39 is 16.1 Å². The van der Waals surface area contributed by atoms with Crippen LogP contribution in [0.15, 0.2) is 176 Å². The van der Waals surface area contributed by atoms with Gasteiger partial charge in [-0.1, -0.05) is 219 Å². The van der Waals surface area contributed by atoms with Crippen molar-refractivity contribution in [2.45, 2.75) is 39.0 Å². The van der Waals surface area contributed by atoms with Crippen LogP contribution in [0.25, 0.3) is 77.0 Å². The molecule has 0 saturated heterocycles. The van der Waals surface area contributed by atoms with Crippen LogP contribution in [0.2, 0.25) is 26.2 Å². The topological polar surface area (TPSA) is 0 Å². The van der Waals surface area contributed by atoms with E-state index in [1.54, 1.807) is 0 Å². The largest absolute Gasteiger partial charge is 0.113 e. The lowest BCUT2D eigenvalue weighted by Crippen LogP contribution is -2.53. The van der Waals surface area contributed by atoms with Crippen LogP contribution in [0.1, 0.15) is 23.1 Å². The molecule has 0 bridgehead atoms. The zero-order valence-corrected chi connectivity index (χ0v) is 35.7. The minimum atomic E-state index is -2.06. The number of benzene rings is 9. The molecule has 0 fully saturated rings. The fourth-order valence-electron chi connectivity index (χ4n) is 10.5. The SMILES string of the molecule is C[Si](C)(c1ccc(-c2c3ccccc3c(-c3ccc([Si](C)(C)c4ccc5c6c7c(ccc46)C=CCC7=CC5)cc3)c3ccccc23)cc1)c1cccc2ccccc12. The first-order chi connectivity index (χ1) is 28.3. The van der Waals surface area contributed by atoms with Crippen LogP contribution in [-0.4, -0.2) is 16.1 Å². The van der Waals surface area contributed by atoms with Gasteiger partial charge in [0.05, 0.1) is 0 Å². The number of allylic oxidation sites excluding steroid dienone is 3. The van der Waals surface area contributed by atoms with E-state index >= 15 is 0 Å². The van der Waals surface area contributed by atoms with Gasteiger partial charge >= 0.3 is 0 Å². The minimum absolute atomic E-state index is 1.03. The number of rotatable bonds is 6. The number of fused-ring (bicyclic) bond motifs is 3. The summed E-state index contributed by atoms with van der Waals surface area (Å²) in [5.41, 5.74) is 11.0. The van der Waals surface area contributed by atoms with Crippen LogP contribution in [-0.2, 0) is 6.42 Å². The van der Waals surface area contributed by atoms with Crippen LogP contribution in [0, 0.1) is 0 Å². The Labute approximate surface area is 343 Å². The Morgan fingerprint density at radius 2 is 0.914 bits per heavy atom. The molecule has 0 N–H and O–H groups in total. The molecule has 0 saturated carbocycles. The molecule has 0 atom stereocenters. The third kappa shape index (κ3) is 5.32. The van der Waals surface area contributed by atoms with E-state index in [4.69, 9.17) is 0 Å². The van der Waals surface area contributed by atoms with Crippen molar-refractivity contribution in [3.05, 3.63) is 193 Å². The lowest BCUT2D eigenvalue weighted by Gasteiger charge is -2.30. The summed E-state index contributed by atoms with van der Waals surface area (Å²) in [7, 11) is -4.03. The van der Waals surface area contributed by atoms with Crippen LogP contribution in [0.5, 0.6) is 0 Å². The fraction of sp³-hybridized carbons (Fsp3) is 0.107. The lowest BCUT2D eigenvalue weighted by molar-refractivity contribution is 1.23. The number of hydrogen-bond donors (Lipinski definition) is 0. The van der Waals surface area contributed by atoms with Crippen molar-refractivity contribution in [2.75, 3.05) is 0 Å². The van der Waals surface area contributed by atoms with Crippen molar-refractivity contribution in [1.29, 1.82) is 0 Å². The molecule has 2 aliphatic rings. The first kappa shape index (κ1) is 35.1. The highest BCUT2D eigenvalue weighted by molar-refractivity contribution is 7.02. The molecule has 0 radical (unpaired) electrons. The minimum Gasteiger partial charge on any atom is -0.0795 e. The Morgan fingerprint density at radius 3 is 1.50 bits per heavy atom.